The highest BCUT2D eigenvalue weighted by atomic mass is 31.2. The molecule has 2 heterocycles. The van der Waals surface area contributed by atoms with Gasteiger partial charge in [0.05, 0.1) is 13.2 Å². The molecule has 24 nitrogen and oxygen atoms in total. The average molecular weight is 1340 g/mol. The lowest BCUT2D eigenvalue weighted by atomic mass is 9.84. The van der Waals surface area contributed by atoms with Crippen molar-refractivity contribution in [3.63, 3.8) is 0 Å². The largest absolute Gasteiger partial charge is 0.472 e. The number of phosphoric ester groups is 1. The van der Waals surface area contributed by atoms with E-state index in [0.29, 0.717) is 12.8 Å². The van der Waals surface area contributed by atoms with Crippen molar-refractivity contribution < 1.29 is 117 Å². The van der Waals surface area contributed by atoms with Crippen LogP contribution in [0, 0.1) is 0 Å². The smallest absolute Gasteiger partial charge is 0.463 e. The lowest BCUT2D eigenvalue weighted by Gasteiger charge is -2.49. The zero-order valence-electron chi connectivity index (χ0n) is 55.6. The van der Waals surface area contributed by atoms with E-state index < -0.39 is 156 Å². The Balaban J connectivity index is 1.79. The minimum absolute atomic E-state index is 0.0274. The summed E-state index contributed by atoms with van der Waals surface area (Å²) in [5, 5.41) is 110. The lowest BCUT2D eigenvalue weighted by Crippen LogP contribution is -2.69. The normalized spacial score (nSPS) is 28.8. The third kappa shape index (κ3) is 33.6. The number of aliphatic hydroxyl groups is 10. The maximum absolute atomic E-state index is 14.3. The molecule has 0 radical (unpaired) electrons. The van der Waals surface area contributed by atoms with Crippen LogP contribution in [0.2, 0.25) is 0 Å². The van der Waals surface area contributed by atoms with Gasteiger partial charge in [0.25, 0.3) is 0 Å². The number of hydrogen-bond donors (Lipinski definition) is 11. The predicted molar refractivity (Wildman–Crippen MR) is 342 cm³/mol. The van der Waals surface area contributed by atoms with Crippen LogP contribution in [0.3, 0.4) is 0 Å². The number of hydrogen-bond acceptors (Lipinski definition) is 23. The number of carbonyl (C=O) groups excluding carboxylic acids is 3. The Morgan fingerprint density at radius 1 is 0.446 bits per heavy atom. The van der Waals surface area contributed by atoms with Gasteiger partial charge in [0.15, 0.2) is 18.7 Å². The first-order valence-corrected chi connectivity index (χ1v) is 36.7. The van der Waals surface area contributed by atoms with E-state index in [1.165, 1.54) is 122 Å². The van der Waals surface area contributed by atoms with Gasteiger partial charge in [0.1, 0.15) is 98.7 Å². The Labute approximate surface area is 547 Å². The summed E-state index contributed by atoms with van der Waals surface area (Å²) in [4.78, 5) is 50.6. The van der Waals surface area contributed by atoms with Gasteiger partial charge in [-0.05, 0) is 25.7 Å². The number of ether oxygens (including phenoxy) is 7. The summed E-state index contributed by atoms with van der Waals surface area (Å²) in [6, 6.07) is 0. The second-order valence-electron chi connectivity index (χ2n) is 25.3. The average Bonchev–Trinajstić information content (AvgIpc) is 0.766. The second kappa shape index (κ2) is 49.9. The topological polar surface area (TPSA) is 374 Å². The molecule has 18 atom stereocenters. The molecule has 18 unspecified atom stereocenters. The molecule has 1 saturated carbocycles. The number of carbonyl (C=O) groups is 3. The molecule has 1 aliphatic carbocycles. The van der Waals surface area contributed by atoms with Gasteiger partial charge < -0.3 is 89.1 Å². The van der Waals surface area contributed by atoms with Crippen molar-refractivity contribution in [2.75, 3.05) is 26.4 Å². The monoisotopic (exact) mass is 1340 g/mol. The summed E-state index contributed by atoms with van der Waals surface area (Å²) >= 11 is 0. The molecule has 2 saturated heterocycles. The molecule has 0 aromatic heterocycles. The zero-order valence-corrected chi connectivity index (χ0v) is 56.5. The van der Waals surface area contributed by atoms with E-state index >= 15 is 0 Å². The second-order valence-corrected chi connectivity index (χ2v) is 26.7. The van der Waals surface area contributed by atoms with E-state index in [2.05, 4.69) is 20.8 Å². The van der Waals surface area contributed by atoms with Gasteiger partial charge in [-0.1, -0.05) is 232 Å². The van der Waals surface area contributed by atoms with Crippen molar-refractivity contribution in [2.24, 2.45) is 0 Å². The first kappa shape index (κ1) is 83.7. The summed E-state index contributed by atoms with van der Waals surface area (Å²) in [6.07, 6.45) is 7.88. The molecule has 0 aromatic rings. The maximum Gasteiger partial charge on any atom is 0.472 e. The van der Waals surface area contributed by atoms with Crippen LogP contribution in [0.5, 0.6) is 0 Å². The summed E-state index contributed by atoms with van der Waals surface area (Å²) in [6.45, 7) is 3.28. The standard InChI is InChI=1S/C67H121O24P/c1-4-7-10-13-16-19-22-23-24-25-28-31-34-37-40-43-53(71)86-48(45-83-51(69)41-38-35-32-29-26-20-17-14-11-8-5-2)46-85-92(81,82)91-65-63(89-66-61(79)56(74)54(72)49(44-68)87-66)59(77)58(76)60(78)64(65)90-67-62(80)57(75)55(73)50(88-67)47-84-52(70)42-39-36-33-30-27-21-18-15-12-9-6-3/h34,37,40,43,48-50,54-68,72-80H,4-33,35-36,38-39,41-42,44-47H2,1-3H3,(H,81,82)/b37-34+,43-40+. The summed E-state index contributed by atoms with van der Waals surface area (Å²) in [5.41, 5.74) is 0. The van der Waals surface area contributed by atoms with Gasteiger partial charge >= 0.3 is 25.7 Å². The number of esters is 3. The lowest BCUT2D eigenvalue weighted by molar-refractivity contribution is -0.360. The van der Waals surface area contributed by atoms with Crippen molar-refractivity contribution >= 4 is 25.7 Å². The van der Waals surface area contributed by atoms with Gasteiger partial charge in [-0.25, -0.2) is 9.36 Å². The third-order valence-corrected chi connectivity index (χ3v) is 18.3. The molecule has 11 N–H and O–H groups in total. The van der Waals surface area contributed by atoms with E-state index in [0.717, 1.165) is 96.0 Å². The molecule has 25 heteroatoms. The molecule has 0 aromatic carbocycles. The van der Waals surface area contributed by atoms with Crippen molar-refractivity contribution in [3.8, 4) is 0 Å². The number of aliphatic hydroxyl groups excluding tert-OH is 10. The van der Waals surface area contributed by atoms with Gasteiger partial charge in [-0.2, -0.15) is 0 Å². The molecule has 538 valence electrons. The summed E-state index contributed by atoms with van der Waals surface area (Å²) < 4.78 is 64.5. The van der Waals surface area contributed by atoms with E-state index in [1.807, 2.05) is 6.08 Å². The van der Waals surface area contributed by atoms with Crippen molar-refractivity contribution in [1.29, 1.82) is 0 Å². The fourth-order valence-corrected chi connectivity index (χ4v) is 12.5. The summed E-state index contributed by atoms with van der Waals surface area (Å²) in [5.74, 6) is -2.25. The quantitative estimate of drug-likeness (QED) is 0.00682. The van der Waals surface area contributed by atoms with Gasteiger partial charge in [0.2, 0.25) is 0 Å². The van der Waals surface area contributed by atoms with E-state index in [4.69, 9.17) is 42.2 Å². The minimum Gasteiger partial charge on any atom is -0.463 e. The number of rotatable bonds is 53. The third-order valence-electron chi connectivity index (χ3n) is 17.3. The Hall–Kier alpha value is -2.56. The molecule has 3 aliphatic rings. The first-order valence-electron chi connectivity index (χ1n) is 35.2. The Morgan fingerprint density at radius 2 is 0.826 bits per heavy atom. The van der Waals surface area contributed by atoms with Crippen LogP contribution in [0.1, 0.15) is 252 Å². The Kier molecular flexibility index (Phi) is 45.4. The van der Waals surface area contributed by atoms with Crippen molar-refractivity contribution in [2.45, 2.75) is 356 Å². The highest BCUT2D eigenvalue weighted by Gasteiger charge is 2.58. The number of allylic oxidation sites excluding steroid dienone is 3. The maximum atomic E-state index is 14.3. The molecule has 0 amide bonds. The predicted octanol–water partition coefficient (Wildman–Crippen LogP) is 8.18. The number of phosphoric acid groups is 1. The molecule has 3 rings (SSSR count). The number of unbranched alkanes of at least 4 members (excludes halogenated alkanes) is 31. The van der Waals surface area contributed by atoms with Crippen LogP contribution in [-0.4, -0.2) is 204 Å². The van der Waals surface area contributed by atoms with Gasteiger partial charge in [-0.15, -0.1) is 0 Å². The van der Waals surface area contributed by atoms with Crippen molar-refractivity contribution in [3.05, 3.63) is 24.3 Å². The van der Waals surface area contributed by atoms with Crippen LogP contribution in [0.25, 0.3) is 0 Å². The molecule has 2 aliphatic heterocycles. The van der Waals surface area contributed by atoms with Crippen LogP contribution in [0.15, 0.2) is 24.3 Å². The van der Waals surface area contributed by atoms with Crippen LogP contribution < -0.4 is 0 Å². The minimum atomic E-state index is -5.71. The molecule has 3 fully saturated rings. The highest BCUT2D eigenvalue weighted by Crippen LogP contribution is 2.49. The Morgan fingerprint density at radius 3 is 1.26 bits per heavy atom. The first-order chi connectivity index (χ1) is 44.3. The fourth-order valence-electron chi connectivity index (χ4n) is 11.5. The molecular weight excluding hydrogens is 1220 g/mol. The van der Waals surface area contributed by atoms with E-state index in [1.54, 1.807) is 6.08 Å². The van der Waals surface area contributed by atoms with Gasteiger partial charge in [-0.3, -0.25) is 18.6 Å². The SMILES string of the molecule is CCCCCCCCCCCCC/C=C/C=C/C(=O)OC(COC(=O)CCCCCCCCCCCCC)COP(=O)(O)OC1C(OC2OC(CO)C(O)C(O)C2O)C(O)C(O)C(O)C1OC1OC(COC(=O)CCCCCCCCCCCCC)C(O)C(O)C1O. The van der Waals surface area contributed by atoms with Crippen LogP contribution in [-0.2, 0) is 61.2 Å². The van der Waals surface area contributed by atoms with E-state index in [9.17, 15) is 74.9 Å². The molecule has 0 spiro atoms. The Bertz CT molecular complexity index is 2020. The van der Waals surface area contributed by atoms with Crippen LogP contribution in [0.4, 0.5) is 0 Å². The van der Waals surface area contributed by atoms with Gasteiger partial charge in [0, 0.05) is 18.9 Å². The van der Waals surface area contributed by atoms with Crippen LogP contribution >= 0.6 is 7.82 Å². The fraction of sp³-hybridized carbons (Fsp3) is 0.896. The zero-order chi connectivity index (χ0) is 67.5. The molecular formula is C67H121O24P. The highest BCUT2D eigenvalue weighted by molar-refractivity contribution is 7.47. The van der Waals surface area contributed by atoms with Crippen molar-refractivity contribution in [1.82, 2.24) is 0 Å². The van der Waals surface area contributed by atoms with E-state index in [-0.39, 0.29) is 12.8 Å². The molecule has 92 heavy (non-hydrogen) atoms. The summed E-state index contributed by atoms with van der Waals surface area (Å²) in [7, 11) is -5.71. The molecule has 0 bridgehead atoms.